The molecule has 6 nitrogen and oxygen atoms in total. The highest BCUT2D eigenvalue weighted by atomic mass is 16.6. The van der Waals surface area contributed by atoms with Crippen LogP contribution in [-0.4, -0.2) is 53.3 Å². The first-order chi connectivity index (χ1) is 11.6. The third kappa shape index (κ3) is 4.87. The molecule has 1 aliphatic heterocycles. The molecule has 138 valence electrons. The van der Waals surface area contributed by atoms with E-state index in [0.717, 1.165) is 5.69 Å². The molecular formula is C19H28N2O4. The Morgan fingerprint density at radius 3 is 2.48 bits per heavy atom. The summed E-state index contributed by atoms with van der Waals surface area (Å²) in [5, 5.41) is 9.22. The highest BCUT2D eigenvalue weighted by molar-refractivity contribution is 5.88. The lowest BCUT2D eigenvalue weighted by atomic mass is 9.98. The van der Waals surface area contributed by atoms with Gasteiger partial charge in [-0.25, -0.2) is 9.59 Å². The minimum Gasteiger partial charge on any atom is -0.478 e. The van der Waals surface area contributed by atoms with E-state index < -0.39 is 11.6 Å². The molecule has 1 heterocycles. The summed E-state index contributed by atoms with van der Waals surface area (Å²) in [7, 11) is 0. The van der Waals surface area contributed by atoms with Gasteiger partial charge in [-0.05, 0) is 44.9 Å². The van der Waals surface area contributed by atoms with Crippen molar-refractivity contribution in [2.45, 2.75) is 46.3 Å². The van der Waals surface area contributed by atoms with E-state index in [0.29, 0.717) is 25.6 Å². The van der Waals surface area contributed by atoms with Crippen LogP contribution in [0, 0.1) is 5.92 Å². The normalized spacial score (nSPS) is 18.4. The van der Waals surface area contributed by atoms with Gasteiger partial charge < -0.3 is 19.6 Å². The second-order valence-corrected chi connectivity index (χ2v) is 7.79. The van der Waals surface area contributed by atoms with Crippen LogP contribution >= 0.6 is 0 Å². The summed E-state index contributed by atoms with van der Waals surface area (Å²) in [5.41, 5.74) is 0.634. The Hall–Kier alpha value is -2.24. The van der Waals surface area contributed by atoms with Crippen molar-refractivity contribution in [1.29, 1.82) is 0 Å². The summed E-state index contributed by atoms with van der Waals surface area (Å²) < 4.78 is 5.49. The Balaban J connectivity index is 2.18. The predicted molar refractivity (Wildman–Crippen MR) is 97.2 cm³/mol. The van der Waals surface area contributed by atoms with E-state index in [4.69, 9.17) is 4.74 Å². The smallest absolute Gasteiger partial charge is 0.410 e. The van der Waals surface area contributed by atoms with Crippen LogP contribution in [0.5, 0.6) is 0 Å². The Kier molecular flexibility index (Phi) is 5.60. The number of hydrogen-bond donors (Lipinski definition) is 1. The lowest BCUT2D eigenvalue weighted by Gasteiger charge is -2.44. The zero-order chi connectivity index (χ0) is 18.8. The van der Waals surface area contributed by atoms with Gasteiger partial charge in [-0.15, -0.1) is 0 Å². The Morgan fingerprint density at radius 2 is 1.92 bits per heavy atom. The number of carbonyl (C=O) groups excluding carboxylic acids is 1. The number of nitrogens with zero attached hydrogens (tertiary/aromatic N) is 2. The number of rotatable bonds is 3. The third-order valence-electron chi connectivity index (χ3n) is 4.26. The molecule has 1 aliphatic rings. The summed E-state index contributed by atoms with van der Waals surface area (Å²) in [6.45, 7) is 11.6. The average Bonchev–Trinajstić information content (AvgIpc) is 2.52. The molecule has 0 spiro atoms. The third-order valence-corrected chi connectivity index (χ3v) is 4.26. The predicted octanol–water partition coefficient (Wildman–Crippen LogP) is 3.47. The zero-order valence-electron chi connectivity index (χ0n) is 15.7. The SMILES string of the molecule is CC(C)[C@H]1CN(C(=O)OC(C)(C)C)CCN1c1cccc(C(=O)O)c1. The van der Waals surface area contributed by atoms with Gasteiger partial charge in [-0.2, -0.15) is 0 Å². The summed E-state index contributed by atoms with van der Waals surface area (Å²) in [4.78, 5) is 27.5. The van der Waals surface area contributed by atoms with Crippen molar-refractivity contribution in [3.8, 4) is 0 Å². The molecule has 1 fully saturated rings. The van der Waals surface area contributed by atoms with Crippen molar-refractivity contribution in [2.24, 2.45) is 5.92 Å². The zero-order valence-corrected chi connectivity index (χ0v) is 15.7. The van der Waals surface area contributed by atoms with Crippen LogP contribution in [0.3, 0.4) is 0 Å². The highest BCUT2D eigenvalue weighted by Crippen LogP contribution is 2.26. The van der Waals surface area contributed by atoms with Crippen molar-refractivity contribution < 1.29 is 19.4 Å². The number of benzene rings is 1. The second kappa shape index (κ2) is 7.33. The number of carboxylic acid groups (broad SMARTS) is 1. The fourth-order valence-corrected chi connectivity index (χ4v) is 3.01. The molecule has 25 heavy (non-hydrogen) atoms. The van der Waals surface area contributed by atoms with Crippen LogP contribution in [-0.2, 0) is 4.74 Å². The van der Waals surface area contributed by atoms with Gasteiger partial charge in [-0.1, -0.05) is 19.9 Å². The summed E-state index contributed by atoms with van der Waals surface area (Å²) in [6.07, 6.45) is -0.294. The molecule has 1 aromatic rings. The molecule has 0 bridgehead atoms. The molecule has 1 N–H and O–H groups in total. The van der Waals surface area contributed by atoms with Gasteiger partial charge in [0.15, 0.2) is 0 Å². The lowest BCUT2D eigenvalue weighted by Crippen LogP contribution is -2.57. The van der Waals surface area contributed by atoms with Crippen molar-refractivity contribution >= 4 is 17.7 Å². The van der Waals surface area contributed by atoms with E-state index in [2.05, 4.69) is 18.7 Å². The standard InChI is InChI=1S/C19H28N2O4/c1-13(2)16-12-20(18(24)25-19(3,4)5)9-10-21(16)15-8-6-7-14(11-15)17(22)23/h6-8,11,13,16H,9-10,12H2,1-5H3,(H,22,23)/t16-/m1/s1. The minimum atomic E-state index is -0.935. The fraction of sp³-hybridized carbons (Fsp3) is 0.579. The van der Waals surface area contributed by atoms with E-state index in [-0.39, 0.29) is 17.7 Å². The van der Waals surface area contributed by atoms with Gasteiger partial charge in [0.2, 0.25) is 0 Å². The minimum absolute atomic E-state index is 0.102. The lowest BCUT2D eigenvalue weighted by molar-refractivity contribution is 0.0202. The first-order valence-corrected chi connectivity index (χ1v) is 8.66. The average molecular weight is 348 g/mol. The van der Waals surface area contributed by atoms with E-state index in [1.165, 1.54) is 0 Å². The topological polar surface area (TPSA) is 70.1 Å². The van der Waals surface area contributed by atoms with Gasteiger partial charge in [0.1, 0.15) is 5.60 Å². The van der Waals surface area contributed by atoms with E-state index in [1.807, 2.05) is 26.8 Å². The summed E-state index contributed by atoms with van der Waals surface area (Å²) in [6, 6.07) is 7.07. The number of carboxylic acids is 1. The Labute approximate surface area is 149 Å². The second-order valence-electron chi connectivity index (χ2n) is 7.79. The molecule has 0 unspecified atom stereocenters. The van der Waals surface area contributed by atoms with Crippen LogP contribution in [0.25, 0.3) is 0 Å². The molecule has 1 aromatic carbocycles. The number of amides is 1. The molecule has 0 radical (unpaired) electrons. The summed E-state index contributed by atoms with van der Waals surface area (Å²) >= 11 is 0. The van der Waals surface area contributed by atoms with Gasteiger partial charge in [0, 0.05) is 31.4 Å². The van der Waals surface area contributed by atoms with Crippen molar-refractivity contribution in [3.63, 3.8) is 0 Å². The highest BCUT2D eigenvalue weighted by Gasteiger charge is 2.33. The van der Waals surface area contributed by atoms with Crippen molar-refractivity contribution in [1.82, 2.24) is 4.90 Å². The quantitative estimate of drug-likeness (QED) is 0.906. The van der Waals surface area contributed by atoms with E-state index in [9.17, 15) is 14.7 Å². The Bertz CT molecular complexity index is 637. The van der Waals surface area contributed by atoms with Gasteiger partial charge in [0.05, 0.1) is 5.56 Å². The molecule has 2 rings (SSSR count). The number of aromatic carboxylic acids is 1. The van der Waals surface area contributed by atoms with Crippen molar-refractivity contribution in [2.75, 3.05) is 24.5 Å². The van der Waals surface area contributed by atoms with E-state index >= 15 is 0 Å². The summed E-state index contributed by atoms with van der Waals surface area (Å²) in [5.74, 6) is -0.631. The molecule has 0 aromatic heterocycles. The van der Waals surface area contributed by atoms with Gasteiger partial charge in [0.25, 0.3) is 0 Å². The number of ether oxygens (including phenoxy) is 1. The van der Waals surface area contributed by atoms with Crippen LogP contribution in [0.2, 0.25) is 0 Å². The molecule has 0 saturated carbocycles. The molecule has 1 amide bonds. The molecule has 1 saturated heterocycles. The van der Waals surface area contributed by atoms with Crippen LogP contribution in [0.1, 0.15) is 45.0 Å². The van der Waals surface area contributed by atoms with Crippen LogP contribution in [0.15, 0.2) is 24.3 Å². The largest absolute Gasteiger partial charge is 0.478 e. The van der Waals surface area contributed by atoms with E-state index in [1.54, 1.807) is 23.1 Å². The van der Waals surface area contributed by atoms with Gasteiger partial charge in [-0.3, -0.25) is 0 Å². The number of hydrogen-bond acceptors (Lipinski definition) is 4. The fourth-order valence-electron chi connectivity index (χ4n) is 3.01. The van der Waals surface area contributed by atoms with Crippen molar-refractivity contribution in [3.05, 3.63) is 29.8 Å². The van der Waals surface area contributed by atoms with Crippen LogP contribution < -0.4 is 4.90 Å². The maximum Gasteiger partial charge on any atom is 0.410 e. The molecule has 6 heteroatoms. The van der Waals surface area contributed by atoms with Crippen LogP contribution in [0.4, 0.5) is 10.5 Å². The first kappa shape index (κ1) is 19.1. The monoisotopic (exact) mass is 348 g/mol. The maximum absolute atomic E-state index is 12.4. The number of anilines is 1. The molecule has 0 aliphatic carbocycles. The Morgan fingerprint density at radius 1 is 1.24 bits per heavy atom. The van der Waals surface area contributed by atoms with Gasteiger partial charge >= 0.3 is 12.1 Å². The molecular weight excluding hydrogens is 320 g/mol. The molecule has 1 atom stereocenters. The maximum atomic E-state index is 12.4. The first-order valence-electron chi connectivity index (χ1n) is 8.66. The number of carbonyl (C=O) groups is 2. The number of piperazine rings is 1.